The molecule has 0 aliphatic rings. The van der Waals surface area contributed by atoms with Crippen molar-refractivity contribution in [2.24, 2.45) is 0 Å². The third-order valence-electron chi connectivity index (χ3n) is 2.57. The predicted octanol–water partition coefficient (Wildman–Crippen LogP) is 1.81. The smallest absolute Gasteiger partial charge is 0.323 e. The number of amides is 1. The quantitative estimate of drug-likeness (QED) is 0.638. The third-order valence-corrected chi connectivity index (χ3v) is 2.57. The summed E-state index contributed by atoms with van der Waals surface area (Å²) in [5, 5.41) is 19.2. The molecule has 1 amide bonds. The summed E-state index contributed by atoms with van der Waals surface area (Å²) in [6, 6.07) is 0.702. The highest BCUT2D eigenvalue weighted by atomic mass is 19.1. The average molecular weight is 302 g/mol. The number of nitro benzene ring substituents is 1. The zero-order chi connectivity index (χ0) is 16.2. The summed E-state index contributed by atoms with van der Waals surface area (Å²) < 4.78 is 27.2. The normalized spacial score (nSPS) is 10.2. The fraction of sp³-hybridized carbons (Fsp3) is 0.333. The largest absolute Gasteiger partial charge is 0.480 e. The molecule has 0 saturated heterocycles. The Hall–Kier alpha value is -2.58. The molecule has 1 aromatic carbocycles. The lowest BCUT2D eigenvalue weighted by Crippen LogP contribution is -2.36. The number of rotatable bonds is 6. The van der Waals surface area contributed by atoms with Crippen LogP contribution in [-0.4, -0.2) is 39.9 Å². The van der Waals surface area contributed by atoms with Gasteiger partial charge in [-0.25, -0.2) is 4.39 Å². The maximum Gasteiger partial charge on any atom is 0.323 e. The van der Waals surface area contributed by atoms with E-state index in [1.165, 1.54) is 0 Å². The monoisotopic (exact) mass is 302 g/mol. The Balaban J connectivity index is 3.19. The molecule has 0 aromatic heterocycles. The molecule has 0 radical (unpaired) electrons. The van der Waals surface area contributed by atoms with Gasteiger partial charge in [-0.15, -0.1) is 0 Å². The first-order valence-electron chi connectivity index (χ1n) is 5.92. The van der Waals surface area contributed by atoms with Crippen LogP contribution in [0.2, 0.25) is 0 Å². The average Bonchev–Trinajstić information content (AvgIpc) is 2.39. The summed E-state index contributed by atoms with van der Waals surface area (Å²) in [4.78, 5) is 32.8. The first kappa shape index (κ1) is 16.5. The molecule has 9 heteroatoms. The molecule has 0 bridgehead atoms. The second-order valence-electron chi connectivity index (χ2n) is 4.16. The van der Waals surface area contributed by atoms with E-state index in [4.69, 9.17) is 5.11 Å². The lowest BCUT2D eigenvalue weighted by Gasteiger charge is -2.20. The van der Waals surface area contributed by atoms with Crippen LogP contribution in [0, 0.1) is 21.7 Å². The predicted molar refractivity (Wildman–Crippen MR) is 66.8 cm³/mol. The maximum absolute atomic E-state index is 13.7. The van der Waals surface area contributed by atoms with Crippen LogP contribution in [0.4, 0.5) is 14.5 Å². The summed E-state index contributed by atoms with van der Waals surface area (Å²) in [6.07, 6.45) is 0.413. The van der Waals surface area contributed by atoms with Crippen LogP contribution in [-0.2, 0) is 4.79 Å². The van der Waals surface area contributed by atoms with E-state index in [0.29, 0.717) is 18.6 Å². The molecule has 1 aromatic rings. The first-order valence-corrected chi connectivity index (χ1v) is 5.92. The molecule has 0 unspecified atom stereocenters. The highest BCUT2D eigenvalue weighted by molar-refractivity contribution is 5.96. The van der Waals surface area contributed by atoms with Crippen molar-refractivity contribution in [2.45, 2.75) is 13.3 Å². The minimum atomic E-state index is -1.36. The third kappa shape index (κ3) is 3.94. The van der Waals surface area contributed by atoms with Crippen molar-refractivity contribution < 1.29 is 28.4 Å². The van der Waals surface area contributed by atoms with Gasteiger partial charge in [0.2, 0.25) is 5.82 Å². The molecular weight excluding hydrogens is 290 g/mol. The molecule has 114 valence electrons. The SMILES string of the molecule is CCCN(CC(=O)O)C(=O)c1cc(F)c([N+](=O)[O-])cc1F. The van der Waals surface area contributed by atoms with Crippen LogP contribution in [0.25, 0.3) is 0 Å². The first-order chi connectivity index (χ1) is 9.77. The number of benzene rings is 1. The molecule has 0 fully saturated rings. The van der Waals surface area contributed by atoms with Crippen LogP contribution in [0.3, 0.4) is 0 Å². The van der Waals surface area contributed by atoms with E-state index in [9.17, 15) is 28.5 Å². The van der Waals surface area contributed by atoms with Gasteiger partial charge in [-0.1, -0.05) is 6.92 Å². The summed E-state index contributed by atoms with van der Waals surface area (Å²) >= 11 is 0. The highest BCUT2D eigenvalue weighted by Crippen LogP contribution is 2.22. The summed E-state index contributed by atoms with van der Waals surface area (Å²) in [7, 11) is 0. The number of hydrogen-bond donors (Lipinski definition) is 1. The van der Waals surface area contributed by atoms with Gasteiger partial charge in [-0.05, 0) is 12.5 Å². The van der Waals surface area contributed by atoms with E-state index in [-0.39, 0.29) is 6.54 Å². The van der Waals surface area contributed by atoms with Crippen molar-refractivity contribution in [2.75, 3.05) is 13.1 Å². The number of carbonyl (C=O) groups is 2. The van der Waals surface area contributed by atoms with Gasteiger partial charge in [0.1, 0.15) is 12.4 Å². The van der Waals surface area contributed by atoms with Gasteiger partial charge in [-0.3, -0.25) is 19.7 Å². The van der Waals surface area contributed by atoms with Gasteiger partial charge < -0.3 is 10.0 Å². The molecular formula is C12H12F2N2O5. The summed E-state index contributed by atoms with van der Waals surface area (Å²) in [6.45, 7) is 1.03. The maximum atomic E-state index is 13.7. The Labute approximate surface area is 117 Å². The van der Waals surface area contributed by atoms with Crippen molar-refractivity contribution >= 4 is 17.6 Å². The molecule has 0 aliphatic heterocycles. The topological polar surface area (TPSA) is 101 Å². The lowest BCUT2D eigenvalue weighted by atomic mass is 10.1. The summed E-state index contributed by atoms with van der Waals surface area (Å²) in [5.74, 6) is -4.98. The zero-order valence-corrected chi connectivity index (χ0v) is 11.0. The molecule has 0 heterocycles. The molecule has 1 rings (SSSR count). The number of carboxylic acids is 1. The van der Waals surface area contributed by atoms with Gasteiger partial charge in [0.05, 0.1) is 16.6 Å². The van der Waals surface area contributed by atoms with Crippen LogP contribution < -0.4 is 0 Å². The lowest BCUT2D eigenvalue weighted by molar-refractivity contribution is -0.387. The molecule has 0 aliphatic carbocycles. The van der Waals surface area contributed by atoms with Crippen molar-refractivity contribution in [3.8, 4) is 0 Å². The zero-order valence-electron chi connectivity index (χ0n) is 11.0. The molecule has 1 N–H and O–H groups in total. The van der Waals surface area contributed by atoms with Gasteiger partial charge >= 0.3 is 11.7 Å². The van der Waals surface area contributed by atoms with Crippen LogP contribution >= 0.6 is 0 Å². The Morgan fingerprint density at radius 1 is 1.33 bits per heavy atom. The molecule has 0 atom stereocenters. The van der Waals surface area contributed by atoms with E-state index < -0.39 is 46.2 Å². The van der Waals surface area contributed by atoms with E-state index in [0.717, 1.165) is 4.90 Å². The molecule has 0 saturated carbocycles. The molecule has 7 nitrogen and oxygen atoms in total. The number of carbonyl (C=O) groups excluding carboxylic acids is 1. The van der Waals surface area contributed by atoms with E-state index in [2.05, 4.69) is 0 Å². The van der Waals surface area contributed by atoms with Crippen LogP contribution in [0.5, 0.6) is 0 Å². The van der Waals surface area contributed by atoms with Crippen molar-refractivity contribution in [1.29, 1.82) is 0 Å². The van der Waals surface area contributed by atoms with E-state index in [1.807, 2.05) is 0 Å². The highest BCUT2D eigenvalue weighted by Gasteiger charge is 2.25. The standard InChI is InChI=1S/C12H12F2N2O5/c1-2-3-15(6-11(17)18)12(19)7-4-9(14)10(16(20)21)5-8(7)13/h4-5H,2-3,6H2,1H3,(H,17,18). The number of aliphatic carboxylic acids is 1. The minimum Gasteiger partial charge on any atom is -0.480 e. The van der Waals surface area contributed by atoms with Crippen molar-refractivity contribution in [1.82, 2.24) is 4.90 Å². The van der Waals surface area contributed by atoms with Gasteiger partial charge in [0.25, 0.3) is 5.91 Å². The van der Waals surface area contributed by atoms with Crippen LogP contribution in [0.1, 0.15) is 23.7 Å². The van der Waals surface area contributed by atoms with E-state index >= 15 is 0 Å². The second kappa shape index (κ2) is 6.73. The van der Waals surface area contributed by atoms with Crippen LogP contribution in [0.15, 0.2) is 12.1 Å². The Morgan fingerprint density at radius 2 is 1.95 bits per heavy atom. The number of halogens is 2. The van der Waals surface area contributed by atoms with Gasteiger partial charge in [0, 0.05) is 6.54 Å². The van der Waals surface area contributed by atoms with Crippen molar-refractivity contribution in [3.63, 3.8) is 0 Å². The Bertz CT molecular complexity index is 591. The molecule has 0 spiro atoms. The number of nitro groups is 1. The molecule has 21 heavy (non-hydrogen) atoms. The summed E-state index contributed by atoms with van der Waals surface area (Å²) in [5.41, 5.74) is -1.84. The number of hydrogen-bond acceptors (Lipinski definition) is 4. The van der Waals surface area contributed by atoms with Crippen molar-refractivity contribution in [3.05, 3.63) is 39.4 Å². The van der Waals surface area contributed by atoms with Gasteiger partial charge in [0.15, 0.2) is 0 Å². The Morgan fingerprint density at radius 3 is 2.43 bits per heavy atom. The number of nitrogens with zero attached hydrogens (tertiary/aromatic N) is 2. The van der Waals surface area contributed by atoms with E-state index in [1.54, 1.807) is 6.92 Å². The Kier molecular flexibility index (Phi) is 5.28. The fourth-order valence-electron chi connectivity index (χ4n) is 1.70. The number of carboxylic acid groups (broad SMARTS) is 1. The fourth-order valence-corrected chi connectivity index (χ4v) is 1.70. The van der Waals surface area contributed by atoms with Gasteiger partial charge in [-0.2, -0.15) is 4.39 Å². The minimum absolute atomic E-state index is 0.0309. The second-order valence-corrected chi connectivity index (χ2v) is 4.16.